The quantitative estimate of drug-likeness (QED) is 0.577. The number of piperidine rings is 1. The molecule has 11 heteroatoms. The summed E-state index contributed by atoms with van der Waals surface area (Å²) in [5, 5.41) is 8.26. The first kappa shape index (κ1) is 21.7. The largest absolute Gasteiger partial charge is 0.470 e. The fourth-order valence-corrected chi connectivity index (χ4v) is 4.03. The van der Waals surface area contributed by atoms with Crippen LogP contribution in [0.15, 0.2) is 52.9 Å². The highest BCUT2D eigenvalue weighted by Gasteiger charge is 2.51. The van der Waals surface area contributed by atoms with Crippen LogP contribution in [-0.2, 0) is 15.7 Å². The number of fused-ring (bicyclic) bond motifs is 1. The number of aromatic nitrogens is 3. The molecule has 33 heavy (non-hydrogen) atoms. The molecule has 3 aromatic rings. The van der Waals surface area contributed by atoms with Crippen molar-refractivity contribution in [2.75, 3.05) is 18.0 Å². The Bertz CT molecular complexity index is 1120. The fraction of sp³-hybridized carbons (Fsp3) is 0.409. The Kier molecular flexibility index (Phi) is 5.25. The van der Waals surface area contributed by atoms with E-state index in [9.17, 15) is 13.2 Å². The van der Waals surface area contributed by atoms with E-state index in [4.69, 9.17) is 18.6 Å². The van der Waals surface area contributed by atoms with Gasteiger partial charge in [0.05, 0.1) is 13.1 Å². The molecular formula is C22H21F3N4O4. The predicted octanol–water partition coefficient (Wildman–Crippen LogP) is 3.94. The highest BCUT2D eigenvalue weighted by Crippen LogP contribution is 2.37. The van der Waals surface area contributed by atoms with Crippen LogP contribution in [0.4, 0.5) is 19.2 Å². The maximum Gasteiger partial charge on any atom is 0.433 e. The number of hydrogen-bond acceptors (Lipinski definition) is 8. The Balaban J connectivity index is 1.41. The van der Waals surface area contributed by atoms with Gasteiger partial charge in [0, 0.05) is 11.6 Å². The van der Waals surface area contributed by atoms with Crippen molar-refractivity contribution in [2.45, 2.75) is 44.1 Å². The Morgan fingerprint density at radius 2 is 1.79 bits per heavy atom. The average molecular weight is 462 g/mol. The van der Waals surface area contributed by atoms with Gasteiger partial charge in [-0.25, -0.2) is 4.98 Å². The SMILES string of the molecule is CC1(C)O[C@@H]2[C@@H](Oc3cccc(C(F)(F)F)n3)CN(c3nnc(-c4ccccc4)o3)C[C@@H]2O1. The molecule has 3 atom stereocenters. The van der Waals surface area contributed by atoms with Crippen molar-refractivity contribution in [2.24, 2.45) is 0 Å². The molecule has 0 radical (unpaired) electrons. The summed E-state index contributed by atoms with van der Waals surface area (Å²) in [7, 11) is 0. The molecule has 2 aliphatic heterocycles. The summed E-state index contributed by atoms with van der Waals surface area (Å²) in [4.78, 5) is 5.40. The molecule has 1 aromatic carbocycles. The van der Waals surface area contributed by atoms with Crippen LogP contribution in [-0.4, -0.2) is 52.4 Å². The first-order valence-corrected chi connectivity index (χ1v) is 10.4. The van der Waals surface area contributed by atoms with E-state index in [0.29, 0.717) is 12.4 Å². The molecule has 0 unspecified atom stereocenters. The minimum atomic E-state index is -4.58. The summed E-state index contributed by atoms with van der Waals surface area (Å²) < 4.78 is 63.0. The highest BCUT2D eigenvalue weighted by atomic mass is 19.4. The number of halogens is 3. The van der Waals surface area contributed by atoms with Gasteiger partial charge >= 0.3 is 12.2 Å². The van der Waals surface area contributed by atoms with E-state index in [0.717, 1.165) is 11.6 Å². The lowest BCUT2D eigenvalue weighted by Crippen LogP contribution is -2.56. The van der Waals surface area contributed by atoms with Crippen molar-refractivity contribution in [3.05, 3.63) is 54.2 Å². The molecule has 2 saturated heterocycles. The van der Waals surface area contributed by atoms with E-state index in [-0.39, 0.29) is 18.4 Å². The van der Waals surface area contributed by atoms with Crippen molar-refractivity contribution in [3.8, 4) is 17.3 Å². The summed E-state index contributed by atoms with van der Waals surface area (Å²) >= 11 is 0. The molecule has 2 fully saturated rings. The Morgan fingerprint density at radius 1 is 1.00 bits per heavy atom. The topological polar surface area (TPSA) is 82.7 Å². The van der Waals surface area contributed by atoms with Gasteiger partial charge < -0.3 is 23.5 Å². The van der Waals surface area contributed by atoms with Crippen LogP contribution in [0.5, 0.6) is 5.88 Å². The molecule has 8 nitrogen and oxygen atoms in total. The Hall–Kier alpha value is -3.18. The van der Waals surface area contributed by atoms with Gasteiger partial charge in [-0.2, -0.15) is 13.2 Å². The summed E-state index contributed by atoms with van der Waals surface area (Å²) in [6, 6.07) is 13.1. The van der Waals surface area contributed by atoms with Crippen molar-refractivity contribution >= 4 is 6.01 Å². The summed E-state index contributed by atoms with van der Waals surface area (Å²) in [6.45, 7) is 4.17. The van der Waals surface area contributed by atoms with Gasteiger partial charge in [0.25, 0.3) is 0 Å². The molecule has 2 aliphatic rings. The van der Waals surface area contributed by atoms with E-state index in [1.807, 2.05) is 30.3 Å². The van der Waals surface area contributed by atoms with E-state index >= 15 is 0 Å². The number of pyridine rings is 1. The first-order chi connectivity index (χ1) is 15.7. The lowest BCUT2D eigenvalue weighted by Gasteiger charge is -2.37. The lowest BCUT2D eigenvalue weighted by atomic mass is 10.0. The zero-order valence-corrected chi connectivity index (χ0v) is 17.8. The highest BCUT2D eigenvalue weighted by molar-refractivity contribution is 5.53. The van der Waals surface area contributed by atoms with E-state index in [1.165, 1.54) is 12.1 Å². The molecule has 0 spiro atoms. The van der Waals surface area contributed by atoms with E-state index in [2.05, 4.69) is 15.2 Å². The molecule has 0 bridgehead atoms. The third-order valence-electron chi connectivity index (χ3n) is 5.38. The van der Waals surface area contributed by atoms with Gasteiger partial charge in [0.2, 0.25) is 11.8 Å². The van der Waals surface area contributed by atoms with Crippen LogP contribution < -0.4 is 9.64 Å². The first-order valence-electron chi connectivity index (χ1n) is 10.4. The minimum Gasteiger partial charge on any atom is -0.470 e. The molecule has 5 rings (SSSR count). The van der Waals surface area contributed by atoms with Crippen LogP contribution in [0.3, 0.4) is 0 Å². The smallest absolute Gasteiger partial charge is 0.433 e. The van der Waals surface area contributed by atoms with Gasteiger partial charge in [-0.05, 0) is 32.0 Å². The molecule has 0 amide bonds. The van der Waals surface area contributed by atoms with Gasteiger partial charge in [0.15, 0.2) is 5.79 Å². The number of anilines is 1. The number of ether oxygens (including phenoxy) is 3. The predicted molar refractivity (Wildman–Crippen MR) is 109 cm³/mol. The second-order valence-corrected chi connectivity index (χ2v) is 8.31. The van der Waals surface area contributed by atoms with Gasteiger partial charge in [0.1, 0.15) is 24.0 Å². The fourth-order valence-electron chi connectivity index (χ4n) is 4.03. The second-order valence-electron chi connectivity index (χ2n) is 8.31. The molecule has 2 aromatic heterocycles. The Labute approximate surface area is 187 Å². The van der Waals surface area contributed by atoms with Gasteiger partial charge in [-0.15, -0.1) is 5.10 Å². The van der Waals surface area contributed by atoms with Crippen molar-refractivity contribution < 1.29 is 31.8 Å². The maximum absolute atomic E-state index is 13.1. The molecule has 174 valence electrons. The number of nitrogens with zero attached hydrogens (tertiary/aromatic N) is 4. The number of hydrogen-bond donors (Lipinski definition) is 0. The summed E-state index contributed by atoms with van der Waals surface area (Å²) in [5.74, 6) is -0.675. The third-order valence-corrected chi connectivity index (χ3v) is 5.38. The van der Waals surface area contributed by atoms with Gasteiger partial charge in [-0.3, -0.25) is 0 Å². The minimum absolute atomic E-state index is 0.153. The Morgan fingerprint density at radius 3 is 2.55 bits per heavy atom. The van der Waals surface area contributed by atoms with Crippen molar-refractivity contribution in [1.29, 1.82) is 0 Å². The zero-order chi connectivity index (χ0) is 23.2. The number of benzene rings is 1. The van der Waals surface area contributed by atoms with Crippen LogP contribution in [0.1, 0.15) is 19.5 Å². The molecular weight excluding hydrogens is 441 g/mol. The lowest BCUT2D eigenvalue weighted by molar-refractivity contribution is -0.151. The van der Waals surface area contributed by atoms with Crippen LogP contribution >= 0.6 is 0 Å². The molecule has 0 saturated carbocycles. The van der Waals surface area contributed by atoms with Gasteiger partial charge in [-0.1, -0.05) is 29.4 Å². The van der Waals surface area contributed by atoms with E-state index < -0.39 is 36.0 Å². The van der Waals surface area contributed by atoms with Crippen molar-refractivity contribution in [1.82, 2.24) is 15.2 Å². The van der Waals surface area contributed by atoms with Crippen LogP contribution in [0.2, 0.25) is 0 Å². The average Bonchev–Trinajstić information content (AvgIpc) is 3.38. The maximum atomic E-state index is 13.1. The normalized spacial score (nSPS) is 24.5. The molecule has 4 heterocycles. The van der Waals surface area contributed by atoms with Crippen LogP contribution in [0.25, 0.3) is 11.5 Å². The standard InChI is InChI=1S/C22H21F3N4O4/c1-21(2)32-15-12-29(20-28-27-19(31-20)13-7-4-3-5-8-13)11-14(18(15)33-21)30-17-10-6-9-16(26-17)22(23,24)25/h3-10,14-15,18H,11-12H2,1-2H3/t14-,15-,18+/m0/s1. The summed E-state index contributed by atoms with van der Waals surface area (Å²) in [5.41, 5.74) is -0.258. The zero-order valence-electron chi connectivity index (χ0n) is 17.8. The number of alkyl halides is 3. The monoisotopic (exact) mass is 462 g/mol. The second kappa shape index (κ2) is 7.99. The van der Waals surface area contributed by atoms with Crippen molar-refractivity contribution in [3.63, 3.8) is 0 Å². The molecule has 0 N–H and O–H groups in total. The summed E-state index contributed by atoms with van der Waals surface area (Å²) in [6.07, 6.45) is -6.19. The number of rotatable bonds is 4. The molecule has 0 aliphatic carbocycles. The van der Waals surface area contributed by atoms with E-state index in [1.54, 1.807) is 18.7 Å². The van der Waals surface area contributed by atoms with Crippen LogP contribution in [0, 0.1) is 0 Å². The third kappa shape index (κ3) is 4.51.